The maximum Gasteiger partial charge on any atom is 0.168 e. The number of carbonyl (C=O) groups is 1. The van der Waals surface area contributed by atoms with Gasteiger partial charge in [-0.2, -0.15) is 9.90 Å². The third kappa shape index (κ3) is 3.70. The van der Waals surface area contributed by atoms with Crippen molar-refractivity contribution in [2.45, 2.75) is 13.3 Å². The van der Waals surface area contributed by atoms with Crippen molar-refractivity contribution in [3.63, 3.8) is 0 Å². The van der Waals surface area contributed by atoms with E-state index in [1.54, 1.807) is 4.80 Å². The first-order valence-corrected chi connectivity index (χ1v) is 8.87. The molecule has 3 aromatic carbocycles. The summed E-state index contributed by atoms with van der Waals surface area (Å²) in [5.41, 5.74) is 5.09. The van der Waals surface area contributed by atoms with Crippen LogP contribution in [0.15, 0.2) is 84.9 Å². The molecule has 0 aliphatic carbocycles. The van der Waals surface area contributed by atoms with Gasteiger partial charge in [0.2, 0.25) is 0 Å². The smallest absolute Gasteiger partial charge is 0.168 e. The molecule has 0 bridgehead atoms. The van der Waals surface area contributed by atoms with Crippen LogP contribution in [0, 0.1) is 6.92 Å². The van der Waals surface area contributed by atoms with Crippen molar-refractivity contribution < 1.29 is 4.79 Å². The van der Waals surface area contributed by atoms with Gasteiger partial charge < -0.3 is 0 Å². The fourth-order valence-electron chi connectivity index (χ4n) is 2.95. The molecular formula is C23H19N3O. The topological polar surface area (TPSA) is 47.8 Å². The lowest BCUT2D eigenvalue weighted by Crippen LogP contribution is -2.05. The van der Waals surface area contributed by atoms with Crippen LogP contribution in [0.2, 0.25) is 0 Å². The molecule has 0 saturated carbocycles. The van der Waals surface area contributed by atoms with Crippen LogP contribution < -0.4 is 0 Å². The molecule has 0 aliphatic rings. The molecule has 4 aromatic rings. The molecular weight excluding hydrogens is 334 g/mol. The maximum absolute atomic E-state index is 12.7. The van der Waals surface area contributed by atoms with Gasteiger partial charge in [-0.1, -0.05) is 78.4 Å². The highest BCUT2D eigenvalue weighted by Crippen LogP contribution is 2.23. The summed E-state index contributed by atoms with van der Waals surface area (Å²) in [4.78, 5) is 14.3. The highest BCUT2D eigenvalue weighted by atomic mass is 16.1. The second-order valence-electron chi connectivity index (χ2n) is 6.45. The Morgan fingerprint density at radius 3 is 2.11 bits per heavy atom. The largest absolute Gasteiger partial charge is 0.294 e. The normalized spacial score (nSPS) is 10.7. The van der Waals surface area contributed by atoms with Crippen molar-refractivity contribution in [3.8, 4) is 16.9 Å². The molecule has 0 N–H and O–H groups in total. The minimum absolute atomic E-state index is 0.0312. The van der Waals surface area contributed by atoms with Gasteiger partial charge in [0, 0.05) is 11.1 Å². The van der Waals surface area contributed by atoms with Gasteiger partial charge in [0.25, 0.3) is 0 Å². The Bertz CT molecular complexity index is 1050. The second-order valence-corrected chi connectivity index (χ2v) is 6.45. The van der Waals surface area contributed by atoms with E-state index in [0.29, 0.717) is 11.3 Å². The van der Waals surface area contributed by atoms with Crippen LogP contribution in [0.25, 0.3) is 16.9 Å². The van der Waals surface area contributed by atoms with E-state index in [1.165, 1.54) is 5.56 Å². The first-order valence-electron chi connectivity index (χ1n) is 8.87. The Labute approximate surface area is 158 Å². The van der Waals surface area contributed by atoms with Crippen molar-refractivity contribution in [2.75, 3.05) is 0 Å². The van der Waals surface area contributed by atoms with Crippen LogP contribution in [0.3, 0.4) is 0 Å². The van der Waals surface area contributed by atoms with E-state index in [-0.39, 0.29) is 12.2 Å². The van der Waals surface area contributed by atoms with Crippen molar-refractivity contribution in [2.24, 2.45) is 0 Å². The lowest BCUT2D eigenvalue weighted by Gasteiger charge is -2.01. The summed E-state index contributed by atoms with van der Waals surface area (Å²) in [6.45, 7) is 2.04. The molecule has 0 amide bonds. The number of carbonyl (C=O) groups excluding carboxylic acids is 1. The third-order valence-electron chi connectivity index (χ3n) is 4.42. The number of aryl methyl sites for hydroxylation is 1. The molecule has 0 saturated heterocycles. The number of hydrogen-bond acceptors (Lipinski definition) is 3. The first-order chi connectivity index (χ1) is 13.2. The minimum atomic E-state index is 0.0312. The van der Waals surface area contributed by atoms with Gasteiger partial charge in [0.05, 0.1) is 17.8 Å². The SMILES string of the molecule is Cc1ccc(-n2nc(CC(=O)c3ccccc3)c(-c3ccccc3)n2)cc1. The Balaban J connectivity index is 1.74. The molecule has 4 nitrogen and oxygen atoms in total. The fraction of sp³-hybridized carbons (Fsp3) is 0.0870. The molecule has 0 spiro atoms. The zero-order chi connectivity index (χ0) is 18.6. The summed E-state index contributed by atoms with van der Waals surface area (Å²) in [6, 6.07) is 27.2. The van der Waals surface area contributed by atoms with Gasteiger partial charge in [-0.25, -0.2) is 0 Å². The zero-order valence-corrected chi connectivity index (χ0v) is 15.0. The zero-order valence-electron chi connectivity index (χ0n) is 15.0. The van der Waals surface area contributed by atoms with E-state index in [0.717, 1.165) is 16.9 Å². The lowest BCUT2D eigenvalue weighted by atomic mass is 10.0. The van der Waals surface area contributed by atoms with Gasteiger partial charge in [0.15, 0.2) is 5.78 Å². The van der Waals surface area contributed by atoms with Crippen molar-refractivity contribution in [1.82, 2.24) is 15.0 Å². The number of hydrogen-bond donors (Lipinski definition) is 0. The van der Waals surface area contributed by atoms with E-state index in [2.05, 4.69) is 10.2 Å². The predicted octanol–water partition coefficient (Wildman–Crippen LogP) is 4.67. The molecule has 27 heavy (non-hydrogen) atoms. The van der Waals surface area contributed by atoms with Crippen LogP contribution in [0.1, 0.15) is 21.6 Å². The third-order valence-corrected chi connectivity index (χ3v) is 4.42. The Morgan fingerprint density at radius 2 is 1.44 bits per heavy atom. The van der Waals surface area contributed by atoms with E-state index in [1.807, 2.05) is 91.9 Å². The molecule has 132 valence electrons. The molecule has 0 aliphatic heterocycles. The first kappa shape index (κ1) is 16.9. The fourth-order valence-corrected chi connectivity index (χ4v) is 2.95. The molecule has 1 aromatic heterocycles. The van der Waals surface area contributed by atoms with Crippen molar-refractivity contribution >= 4 is 5.78 Å². The second kappa shape index (κ2) is 7.38. The molecule has 1 heterocycles. The van der Waals surface area contributed by atoms with Gasteiger partial charge >= 0.3 is 0 Å². The molecule has 0 fully saturated rings. The van der Waals surface area contributed by atoms with E-state index >= 15 is 0 Å². The van der Waals surface area contributed by atoms with Crippen LogP contribution in [0.4, 0.5) is 0 Å². The minimum Gasteiger partial charge on any atom is -0.294 e. The molecule has 0 unspecified atom stereocenters. The average Bonchev–Trinajstić information content (AvgIpc) is 3.13. The molecule has 0 radical (unpaired) electrons. The van der Waals surface area contributed by atoms with Gasteiger partial charge in [-0.15, -0.1) is 5.10 Å². The number of nitrogens with zero attached hydrogens (tertiary/aromatic N) is 3. The highest BCUT2D eigenvalue weighted by molar-refractivity contribution is 5.97. The summed E-state index contributed by atoms with van der Waals surface area (Å²) >= 11 is 0. The average molecular weight is 353 g/mol. The number of Topliss-reactive ketones (excluding diaryl/α,β-unsaturated/α-hetero) is 1. The van der Waals surface area contributed by atoms with Gasteiger partial charge in [-0.3, -0.25) is 4.79 Å². The number of aromatic nitrogens is 3. The predicted molar refractivity (Wildman–Crippen MR) is 106 cm³/mol. The van der Waals surface area contributed by atoms with Crippen molar-refractivity contribution in [3.05, 3.63) is 102 Å². The summed E-state index contributed by atoms with van der Waals surface area (Å²) in [5.74, 6) is 0.0312. The van der Waals surface area contributed by atoms with Gasteiger partial charge in [0.1, 0.15) is 5.69 Å². The molecule has 4 heteroatoms. The summed E-state index contributed by atoms with van der Waals surface area (Å²) in [6.07, 6.45) is 0.208. The van der Waals surface area contributed by atoms with Crippen LogP contribution >= 0.6 is 0 Å². The summed E-state index contributed by atoms with van der Waals surface area (Å²) in [5, 5.41) is 9.32. The lowest BCUT2D eigenvalue weighted by molar-refractivity contribution is 0.0992. The van der Waals surface area contributed by atoms with Crippen LogP contribution in [-0.4, -0.2) is 20.8 Å². The Hall–Kier alpha value is -3.53. The highest BCUT2D eigenvalue weighted by Gasteiger charge is 2.18. The summed E-state index contributed by atoms with van der Waals surface area (Å²) < 4.78 is 0. The monoisotopic (exact) mass is 353 g/mol. The van der Waals surface area contributed by atoms with Crippen LogP contribution in [-0.2, 0) is 6.42 Å². The standard InChI is InChI=1S/C23H19N3O/c1-17-12-14-20(15-13-17)26-24-21(16-22(27)18-8-4-2-5-9-18)23(25-26)19-10-6-3-7-11-19/h2-15H,16H2,1H3. The van der Waals surface area contributed by atoms with Crippen molar-refractivity contribution in [1.29, 1.82) is 0 Å². The number of benzene rings is 3. The quantitative estimate of drug-likeness (QED) is 0.490. The van der Waals surface area contributed by atoms with E-state index in [4.69, 9.17) is 0 Å². The number of ketones is 1. The molecule has 4 rings (SSSR count). The Morgan fingerprint density at radius 1 is 0.815 bits per heavy atom. The maximum atomic E-state index is 12.7. The van der Waals surface area contributed by atoms with Gasteiger partial charge in [-0.05, 0) is 19.1 Å². The number of rotatable bonds is 5. The summed E-state index contributed by atoms with van der Waals surface area (Å²) in [7, 11) is 0. The van der Waals surface area contributed by atoms with E-state index < -0.39 is 0 Å². The Kier molecular flexibility index (Phi) is 4.62. The molecule has 0 atom stereocenters. The van der Waals surface area contributed by atoms with E-state index in [9.17, 15) is 4.79 Å². The van der Waals surface area contributed by atoms with Crippen LogP contribution in [0.5, 0.6) is 0 Å².